The topological polar surface area (TPSA) is 94.0 Å². The largest absolute Gasteiger partial charge is 0.481 e. The number of hydrogen-bond acceptors (Lipinski definition) is 5. The van der Waals surface area contributed by atoms with Gasteiger partial charge in [0.05, 0.1) is 18.4 Å². The Morgan fingerprint density at radius 2 is 2.08 bits per heavy atom. The van der Waals surface area contributed by atoms with Crippen LogP contribution in [0.3, 0.4) is 0 Å². The first kappa shape index (κ1) is 16.5. The molecule has 2 aromatic heterocycles. The van der Waals surface area contributed by atoms with E-state index in [9.17, 15) is 4.79 Å². The molecule has 0 aliphatic heterocycles. The van der Waals surface area contributed by atoms with Crippen molar-refractivity contribution in [3.63, 3.8) is 0 Å². The molecule has 1 aliphatic carbocycles. The van der Waals surface area contributed by atoms with Crippen LogP contribution in [-0.2, 0) is 16.8 Å². The third kappa shape index (κ3) is 2.79. The summed E-state index contributed by atoms with van der Waals surface area (Å²) in [5.74, 6) is 0.215. The Morgan fingerprint density at radius 3 is 2.77 bits per heavy atom. The Morgan fingerprint density at radius 1 is 1.31 bits per heavy atom. The van der Waals surface area contributed by atoms with Gasteiger partial charge in [0.2, 0.25) is 0 Å². The van der Waals surface area contributed by atoms with E-state index in [-0.39, 0.29) is 11.8 Å². The summed E-state index contributed by atoms with van der Waals surface area (Å²) in [5, 5.41) is 17.5. The van der Waals surface area contributed by atoms with Crippen molar-refractivity contribution in [2.75, 3.05) is 0 Å². The van der Waals surface area contributed by atoms with Crippen LogP contribution in [0.4, 0.5) is 0 Å². The summed E-state index contributed by atoms with van der Waals surface area (Å²) < 4.78 is 7.13. The fraction of sp³-hybridized carbons (Fsp3) is 0.368. The number of aliphatic carboxylic acids is 1. The molecule has 134 valence electrons. The third-order valence-corrected chi connectivity index (χ3v) is 5.00. The number of aromatic nitrogens is 4. The van der Waals surface area contributed by atoms with Gasteiger partial charge in [-0.15, -0.1) is 0 Å². The highest BCUT2D eigenvalue weighted by molar-refractivity contribution is 5.66. The second-order valence-electron chi connectivity index (χ2n) is 6.86. The van der Waals surface area contributed by atoms with Crippen molar-refractivity contribution >= 4 is 5.97 Å². The number of nitrogens with zero attached hydrogens (tertiary/aromatic N) is 4. The van der Waals surface area contributed by atoms with Crippen LogP contribution in [-0.4, -0.2) is 31.0 Å². The number of carboxylic acid groups (broad SMARTS) is 1. The van der Waals surface area contributed by atoms with Crippen LogP contribution in [0.2, 0.25) is 0 Å². The van der Waals surface area contributed by atoms with Gasteiger partial charge in [-0.25, -0.2) is 0 Å². The highest BCUT2D eigenvalue weighted by atomic mass is 16.5. The Kier molecular flexibility index (Phi) is 3.86. The van der Waals surface area contributed by atoms with Crippen molar-refractivity contribution in [1.82, 2.24) is 19.9 Å². The minimum absolute atomic E-state index is 0.0213. The van der Waals surface area contributed by atoms with Crippen molar-refractivity contribution in [3.05, 3.63) is 53.0 Å². The lowest BCUT2D eigenvalue weighted by Gasteiger charge is -2.13. The van der Waals surface area contributed by atoms with Gasteiger partial charge in [-0.2, -0.15) is 10.1 Å². The van der Waals surface area contributed by atoms with Crippen LogP contribution in [0.25, 0.3) is 11.6 Å². The van der Waals surface area contributed by atoms with Gasteiger partial charge in [-0.1, -0.05) is 29.4 Å². The molecule has 0 unspecified atom stereocenters. The van der Waals surface area contributed by atoms with Crippen LogP contribution in [0, 0.1) is 13.8 Å². The Labute approximate surface area is 150 Å². The van der Waals surface area contributed by atoms with Crippen LogP contribution in [0.15, 0.2) is 34.9 Å². The first-order chi connectivity index (χ1) is 12.5. The van der Waals surface area contributed by atoms with Gasteiger partial charge >= 0.3 is 5.97 Å². The molecule has 0 spiro atoms. The molecule has 1 fully saturated rings. The monoisotopic (exact) mass is 352 g/mol. The van der Waals surface area contributed by atoms with Crippen LogP contribution < -0.4 is 0 Å². The predicted octanol–water partition coefficient (Wildman–Crippen LogP) is 3.10. The summed E-state index contributed by atoms with van der Waals surface area (Å²) in [6.07, 6.45) is 2.03. The number of benzene rings is 1. The van der Waals surface area contributed by atoms with E-state index in [1.165, 1.54) is 11.1 Å². The average molecular weight is 352 g/mol. The first-order valence-corrected chi connectivity index (χ1v) is 8.66. The standard InChI is InChI=1S/C19H20N4O3/c1-12-5-3-4-6-14(12)19(8-9-19)18-20-17(26-22-18)15-11-13(2)23(21-15)10-7-16(24)25/h3-6,11H,7-10H2,1-2H3,(H,24,25). The molecular weight excluding hydrogens is 332 g/mol. The molecule has 0 radical (unpaired) electrons. The quantitative estimate of drug-likeness (QED) is 0.732. The van der Waals surface area contributed by atoms with Crippen LogP contribution in [0.5, 0.6) is 0 Å². The molecule has 1 N–H and O–H groups in total. The van der Waals surface area contributed by atoms with Crippen LogP contribution in [0.1, 0.15) is 41.9 Å². The molecule has 2 heterocycles. The minimum Gasteiger partial charge on any atom is -0.481 e. The van der Waals surface area contributed by atoms with Gasteiger partial charge in [-0.05, 0) is 43.9 Å². The van der Waals surface area contributed by atoms with E-state index < -0.39 is 5.97 Å². The molecule has 0 amide bonds. The SMILES string of the molecule is Cc1ccccc1C1(c2noc(-c3cc(C)n(CCC(=O)O)n3)n2)CC1. The summed E-state index contributed by atoms with van der Waals surface area (Å²) in [6, 6.07) is 10.1. The van der Waals surface area contributed by atoms with Crippen molar-refractivity contribution < 1.29 is 14.4 Å². The molecule has 0 bridgehead atoms. The fourth-order valence-corrected chi connectivity index (χ4v) is 3.41. The second kappa shape index (κ2) is 6.09. The molecule has 3 aromatic rings. The zero-order chi connectivity index (χ0) is 18.3. The number of carboxylic acids is 1. The molecule has 0 atom stereocenters. The van der Waals surface area contributed by atoms with Crippen molar-refractivity contribution in [2.24, 2.45) is 0 Å². The van der Waals surface area contributed by atoms with E-state index in [4.69, 9.17) is 9.63 Å². The molecule has 1 aliphatic rings. The summed E-state index contributed by atoms with van der Waals surface area (Å²) in [5.41, 5.74) is 3.75. The highest BCUT2D eigenvalue weighted by Gasteiger charge is 2.50. The highest BCUT2D eigenvalue weighted by Crippen LogP contribution is 2.53. The zero-order valence-corrected chi connectivity index (χ0v) is 14.8. The van der Waals surface area contributed by atoms with Crippen molar-refractivity contribution in [2.45, 2.75) is 45.1 Å². The Balaban J connectivity index is 1.62. The van der Waals surface area contributed by atoms with Gasteiger partial charge in [0.1, 0.15) is 0 Å². The minimum atomic E-state index is -0.851. The number of carbonyl (C=O) groups is 1. The van der Waals surface area contributed by atoms with Gasteiger partial charge in [0.25, 0.3) is 5.89 Å². The summed E-state index contributed by atoms with van der Waals surface area (Å²) >= 11 is 0. The lowest BCUT2D eigenvalue weighted by atomic mass is 9.91. The summed E-state index contributed by atoms with van der Waals surface area (Å²) in [4.78, 5) is 15.4. The lowest BCUT2D eigenvalue weighted by molar-refractivity contribution is -0.137. The third-order valence-electron chi connectivity index (χ3n) is 5.00. The van der Waals surface area contributed by atoms with Crippen molar-refractivity contribution in [1.29, 1.82) is 0 Å². The molecule has 7 heteroatoms. The Hall–Kier alpha value is -2.96. The van der Waals surface area contributed by atoms with E-state index in [2.05, 4.69) is 34.3 Å². The maximum atomic E-state index is 10.8. The summed E-state index contributed by atoms with van der Waals surface area (Å²) in [7, 11) is 0. The second-order valence-corrected chi connectivity index (χ2v) is 6.86. The molecule has 0 saturated heterocycles. The molecule has 1 saturated carbocycles. The van der Waals surface area contributed by atoms with E-state index in [0.717, 1.165) is 18.5 Å². The first-order valence-electron chi connectivity index (χ1n) is 8.66. The number of aryl methyl sites for hydroxylation is 3. The van der Waals surface area contributed by atoms with E-state index in [0.29, 0.717) is 24.0 Å². The van der Waals surface area contributed by atoms with Gasteiger partial charge in [0, 0.05) is 5.69 Å². The van der Waals surface area contributed by atoms with E-state index in [1.54, 1.807) is 4.68 Å². The van der Waals surface area contributed by atoms with Gasteiger partial charge in [0.15, 0.2) is 11.5 Å². The number of hydrogen-bond donors (Lipinski definition) is 1. The smallest absolute Gasteiger partial charge is 0.305 e. The maximum Gasteiger partial charge on any atom is 0.305 e. The Bertz CT molecular complexity index is 969. The normalized spacial score (nSPS) is 15.2. The fourth-order valence-electron chi connectivity index (χ4n) is 3.41. The van der Waals surface area contributed by atoms with Gasteiger partial charge < -0.3 is 9.63 Å². The summed E-state index contributed by atoms with van der Waals surface area (Å²) in [6.45, 7) is 4.30. The zero-order valence-electron chi connectivity index (χ0n) is 14.8. The van der Waals surface area contributed by atoms with Gasteiger partial charge in [-0.3, -0.25) is 9.48 Å². The molecule has 4 rings (SSSR count). The van der Waals surface area contributed by atoms with Crippen molar-refractivity contribution in [3.8, 4) is 11.6 Å². The molecule has 7 nitrogen and oxygen atoms in total. The van der Waals surface area contributed by atoms with Crippen LogP contribution >= 0.6 is 0 Å². The average Bonchev–Trinajstić information content (AvgIpc) is 3.10. The molecular formula is C19H20N4O3. The van der Waals surface area contributed by atoms with E-state index in [1.807, 2.05) is 25.1 Å². The number of rotatable bonds is 6. The van der Waals surface area contributed by atoms with E-state index >= 15 is 0 Å². The lowest BCUT2D eigenvalue weighted by Crippen LogP contribution is -2.12. The molecule has 26 heavy (non-hydrogen) atoms. The maximum absolute atomic E-state index is 10.8. The molecule has 1 aromatic carbocycles. The predicted molar refractivity (Wildman–Crippen MR) is 93.7 cm³/mol.